The Kier molecular flexibility index (Phi) is 16.6. The van der Waals surface area contributed by atoms with E-state index in [1.54, 1.807) is 5.56 Å². The smallest absolute Gasteiger partial charge is 0.0610 e. The molecule has 0 saturated heterocycles. The second-order valence-electron chi connectivity index (χ2n) is 17.2. The van der Waals surface area contributed by atoms with E-state index in [2.05, 4.69) is 158 Å². The van der Waals surface area contributed by atoms with Crippen molar-refractivity contribution in [2.24, 2.45) is 7.05 Å². The minimum atomic E-state index is -2.26. The van der Waals surface area contributed by atoms with Crippen molar-refractivity contribution in [3.63, 3.8) is 0 Å². The molecule has 0 bridgehead atoms. The minimum absolute atomic E-state index is 0. The van der Waals surface area contributed by atoms with Gasteiger partial charge in [-0.1, -0.05) is 47.8 Å². The summed E-state index contributed by atoms with van der Waals surface area (Å²) in [5.41, 5.74) is 11.7. The third kappa shape index (κ3) is 10.5. The van der Waals surface area contributed by atoms with E-state index in [1.807, 2.05) is 18.2 Å². The first-order chi connectivity index (χ1) is 27.7. The van der Waals surface area contributed by atoms with Crippen molar-refractivity contribution in [3.8, 4) is 0 Å². The van der Waals surface area contributed by atoms with E-state index in [9.17, 15) is 8.76 Å². The molecular weight excluding hydrogens is 980 g/mol. The van der Waals surface area contributed by atoms with Gasteiger partial charge in [0, 0.05) is 121 Å². The number of hydrogen-bond acceptors (Lipinski definition) is 5. The van der Waals surface area contributed by atoms with Crippen LogP contribution in [0, 0.1) is 37.7 Å². The monoisotopic (exact) mass is 1040 g/mol. The van der Waals surface area contributed by atoms with Crippen molar-refractivity contribution in [2.45, 2.75) is 95.2 Å². The molecule has 0 amide bonds. The van der Waals surface area contributed by atoms with Gasteiger partial charge in [0.25, 0.3) is 0 Å². The molecule has 1 N–H and O–H groups in total. The van der Waals surface area contributed by atoms with E-state index in [-0.39, 0.29) is 37.7 Å². The fourth-order valence-corrected chi connectivity index (χ4v) is 11.5. The van der Waals surface area contributed by atoms with Gasteiger partial charge in [0.1, 0.15) is 0 Å². The third-order valence-electron chi connectivity index (χ3n) is 13.0. The quantitative estimate of drug-likeness (QED) is 0.141. The average Bonchev–Trinajstić information content (AvgIpc) is 3.47. The van der Waals surface area contributed by atoms with Crippen LogP contribution in [0.25, 0.3) is 32.7 Å². The summed E-state index contributed by atoms with van der Waals surface area (Å²) in [5, 5.41) is 3.88. The van der Waals surface area contributed by atoms with Gasteiger partial charge < -0.3 is 28.8 Å². The van der Waals surface area contributed by atoms with E-state index in [0.29, 0.717) is 18.1 Å². The van der Waals surface area contributed by atoms with Gasteiger partial charge in [-0.3, -0.25) is 8.18 Å². The maximum absolute atomic E-state index is 11.7. The summed E-state index contributed by atoms with van der Waals surface area (Å²) in [6, 6.07) is 20.8. The van der Waals surface area contributed by atoms with Crippen LogP contribution in [0.3, 0.4) is 0 Å². The Balaban J connectivity index is 0.000000148. The van der Waals surface area contributed by atoms with Gasteiger partial charge in [-0.2, -0.15) is 0 Å². The normalized spacial score (nSPS) is 19.8. The summed E-state index contributed by atoms with van der Waals surface area (Å²) >= 11 is 8.43. The van der Waals surface area contributed by atoms with Gasteiger partial charge in [-0.05, 0) is 191 Å². The Morgan fingerprint density at radius 1 is 0.627 bits per heavy atom. The Morgan fingerprint density at radius 2 is 1.07 bits per heavy atom. The van der Waals surface area contributed by atoms with Crippen LogP contribution in [0.15, 0.2) is 68.0 Å². The fraction of sp³-hybridized carbons (Fsp3) is 0.478. The fourth-order valence-electron chi connectivity index (χ4n) is 9.68. The Morgan fingerprint density at radius 3 is 1.61 bits per heavy atom. The van der Waals surface area contributed by atoms with Gasteiger partial charge in [-0.15, -0.1) is 0 Å². The van der Waals surface area contributed by atoms with Gasteiger partial charge >= 0.3 is 0 Å². The van der Waals surface area contributed by atoms with Crippen molar-refractivity contribution >= 4 is 91.8 Å². The van der Waals surface area contributed by atoms with Crippen molar-refractivity contribution in [2.75, 3.05) is 42.3 Å². The third-order valence-corrected chi connectivity index (χ3v) is 15.2. The number of benzene rings is 3. The molecule has 0 aliphatic heterocycles. The van der Waals surface area contributed by atoms with Crippen LogP contribution in [-0.4, -0.2) is 97.4 Å². The predicted octanol–water partition coefficient (Wildman–Crippen LogP) is 10.3. The van der Waals surface area contributed by atoms with E-state index in [0.717, 1.165) is 46.8 Å². The molecule has 13 heteroatoms. The number of likely N-dealkylation sites (N-methyl/N-ethyl adjacent to an activating group) is 3. The van der Waals surface area contributed by atoms with Crippen LogP contribution >= 0.6 is 47.8 Å². The van der Waals surface area contributed by atoms with E-state index in [4.69, 9.17) is 0 Å². The number of aryl methyl sites for hydroxylation is 2. The molecule has 0 spiro atoms. The van der Waals surface area contributed by atoms with Crippen molar-refractivity contribution < 1.29 is 46.5 Å². The number of halogens is 3. The number of H-pyrrole nitrogens is 1. The van der Waals surface area contributed by atoms with Crippen molar-refractivity contribution in [3.05, 3.63) is 102 Å². The van der Waals surface area contributed by atoms with E-state index < -0.39 is 11.3 Å². The number of hydrogen-bond donors (Lipinski definition) is 1. The Labute approximate surface area is 408 Å². The molecule has 4 unspecified atom stereocenters. The van der Waals surface area contributed by atoms with E-state index in [1.165, 1.54) is 109 Å². The summed E-state index contributed by atoms with van der Waals surface area (Å²) in [4.78, 5) is 10.6. The molecular formula is C46H58ArBr3N6O2S-. The number of aromatic nitrogens is 3. The van der Waals surface area contributed by atoms with E-state index >= 15 is 0 Å². The van der Waals surface area contributed by atoms with Gasteiger partial charge in [0.05, 0.1) is 16.8 Å². The minimum Gasteiger partial charge on any atom is -0.755 e. The predicted molar refractivity (Wildman–Crippen MR) is 253 cm³/mol. The molecule has 59 heavy (non-hydrogen) atoms. The first kappa shape index (κ1) is 47.4. The summed E-state index contributed by atoms with van der Waals surface area (Å²) in [6.07, 6.45) is 13.8. The zero-order chi connectivity index (χ0) is 41.4. The molecule has 3 aliphatic rings. The Bertz CT molecular complexity index is 2440. The maximum atomic E-state index is 11.7. The average molecular weight is 1040 g/mol. The maximum Gasteiger partial charge on any atom is 0.0610 e. The van der Waals surface area contributed by atoms with Crippen LogP contribution in [0.2, 0.25) is 0 Å². The first-order valence-electron chi connectivity index (χ1n) is 20.7. The molecule has 6 aromatic rings. The number of nitrogens with zero attached hydrogens (tertiary/aromatic N) is 5. The summed E-state index contributed by atoms with van der Waals surface area (Å²) in [7, 11) is 15.2. The van der Waals surface area contributed by atoms with Gasteiger partial charge in [0.2, 0.25) is 0 Å². The van der Waals surface area contributed by atoms with Crippen LogP contribution in [0.5, 0.6) is 0 Å². The molecule has 3 aromatic carbocycles. The van der Waals surface area contributed by atoms with Gasteiger partial charge in [0.15, 0.2) is 0 Å². The molecule has 0 fully saturated rings. The molecule has 0 radical (unpaired) electrons. The zero-order valence-corrected chi connectivity index (χ0v) is 41.6. The molecule has 320 valence electrons. The summed E-state index contributed by atoms with van der Waals surface area (Å²) < 4.78 is 30.6. The molecule has 3 heterocycles. The first-order valence-corrected chi connectivity index (χ1v) is 24.1. The van der Waals surface area contributed by atoms with Crippen LogP contribution in [0.4, 0.5) is 0 Å². The van der Waals surface area contributed by atoms with Crippen molar-refractivity contribution in [1.29, 1.82) is 0 Å². The van der Waals surface area contributed by atoms with Gasteiger partial charge in [-0.25, -0.2) is 0 Å². The molecule has 8 nitrogen and oxygen atoms in total. The topological polar surface area (TPSA) is 75.5 Å². The molecule has 9 rings (SSSR count). The SMILES string of the molecule is CN(C)C1CCCc2[nH]c3ccc(Br)cc3c2C1.CN(C)C1CCCc2c(c3cc(Br)ccc3n2C)C1.CN(C)C1CCCc2c(c3cc(Br)ccc3n2S(=O)[O-])C1.[Ar]. The number of aromatic amines is 1. The number of nitrogens with one attached hydrogen (secondary N) is 1. The number of rotatable bonds is 4. The molecule has 4 atom stereocenters. The number of fused-ring (bicyclic) bond motifs is 9. The molecule has 0 saturated carbocycles. The molecule has 3 aliphatic carbocycles. The second kappa shape index (κ2) is 20.6. The second-order valence-corrected chi connectivity index (χ2v) is 20.7. The summed E-state index contributed by atoms with van der Waals surface area (Å²) in [5.74, 6) is 0. The van der Waals surface area contributed by atoms with Crippen molar-refractivity contribution in [1.82, 2.24) is 28.2 Å². The Hall–Kier alpha value is -1.03. The largest absolute Gasteiger partial charge is 0.755 e. The standard InChI is InChI=1S/C16H21BrN2.C15H19BrN2O2S.C15H19BrN2.Ar/c1-18(2)12-5-4-6-15-14(10-12)13-9-11(17)7-8-16(13)19(15)3;1-17(2)11-4-3-5-14-13(9-11)12-8-10(16)6-7-15(12)18(14)21(19)20;1-18(2)11-4-3-5-14-13(9-11)12-8-10(16)6-7-15(12)17-14;/h7-9,12H,4-6,10H2,1-3H3;6-8,11H,3-5,9H2,1-2H3,(H,19,20);6-8,11,17H,3-5,9H2,1-2H3;/p-1. The zero-order valence-electron chi connectivity index (χ0n) is 35.4. The van der Waals surface area contributed by atoms with Crippen LogP contribution < -0.4 is 0 Å². The van der Waals surface area contributed by atoms with Crippen LogP contribution in [-0.2, 0) is 56.8 Å². The summed E-state index contributed by atoms with van der Waals surface area (Å²) in [6.45, 7) is 0. The van der Waals surface area contributed by atoms with Crippen LogP contribution in [0.1, 0.15) is 72.3 Å². The molecule has 3 aromatic heterocycles.